The fraction of sp³-hybridized carbons (Fsp3) is 0.462. The summed E-state index contributed by atoms with van der Waals surface area (Å²) < 4.78 is 0. The second-order valence-corrected chi connectivity index (χ2v) is 5.15. The van der Waals surface area contributed by atoms with Gasteiger partial charge in [-0.15, -0.1) is 0 Å². The van der Waals surface area contributed by atoms with Crippen molar-refractivity contribution in [1.29, 1.82) is 0 Å². The Morgan fingerprint density at radius 1 is 1.33 bits per heavy atom. The topological polar surface area (TPSA) is 58.4 Å². The number of amides is 1. The summed E-state index contributed by atoms with van der Waals surface area (Å²) in [4.78, 5) is 12.6. The minimum absolute atomic E-state index is 0.435. The molecule has 1 aromatic rings. The lowest BCUT2D eigenvalue weighted by Crippen LogP contribution is -2.60. The number of halogens is 1. The summed E-state index contributed by atoms with van der Waals surface area (Å²) in [7, 11) is 0. The molecule has 0 saturated carbocycles. The van der Waals surface area contributed by atoms with Crippen LogP contribution in [0.15, 0.2) is 30.3 Å². The van der Waals surface area contributed by atoms with Crippen molar-refractivity contribution in [1.82, 2.24) is 10.2 Å². The van der Waals surface area contributed by atoms with Crippen LogP contribution in [-0.2, 0) is 11.2 Å². The maximum Gasteiger partial charge on any atom is 0.253 e. The summed E-state index contributed by atoms with van der Waals surface area (Å²) >= 11 is 6.51. The molecule has 1 unspecified atom stereocenters. The normalized spacial score (nSPS) is 20.3. The number of benzene rings is 1. The first-order chi connectivity index (χ1) is 8.63. The standard InChI is InChI=1S/C13H18ClN3O/c14-13(12(15)18,17-8-6-16-7-9-17)10-11-4-2-1-3-5-11/h1-5,16H,6-10H2,(H2,15,18). The zero-order valence-corrected chi connectivity index (χ0v) is 11.0. The average Bonchev–Trinajstić information content (AvgIpc) is 2.40. The summed E-state index contributed by atoms with van der Waals surface area (Å²) in [6.45, 7) is 3.13. The average molecular weight is 268 g/mol. The predicted molar refractivity (Wildman–Crippen MR) is 72.4 cm³/mol. The van der Waals surface area contributed by atoms with Crippen LogP contribution in [0.4, 0.5) is 0 Å². The highest BCUT2D eigenvalue weighted by Crippen LogP contribution is 2.26. The van der Waals surface area contributed by atoms with Gasteiger partial charge in [0.05, 0.1) is 0 Å². The van der Waals surface area contributed by atoms with E-state index in [0.717, 1.165) is 31.7 Å². The first-order valence-electron chi connectivity index (χ1n) is 6.11. The molecule has 5 heteroatoms. The fourth-order valence-corrected chi connectivity index (χ4v) is 2.56. The first kappa shape index (κ1) is 13.3. The van der Waals surface area contributed by atoms with E-state index >= 15 is 0 Å². The molecule has 3 N–H and O–H groups in total. The lowest BCUT2D eigenvalue weighted by molar-refractivity contribution is -0.125. The van der Waals surface area contributed by atoms with Crippen molar-refractivity contribution >= 4 is 17.5 Å². The Morgan fingerprint density at radius 3 is 2.50 bits per heavy atom. The number of rotatable bonds is 4. The lowest BCUT2D eigenvalue weighted by Gasteiger charge is -2.39. The van der Waals surface area contributed by atoms with Crippen molar-refractivity contribution in [2.75, 3.05) is 26.2 Å². The Hall–Kier alpha value is -1.10. The van der Waals surface area contributed by atoms with Crippen molar-refractivity contribution in [3.05, 3.63) is 35.9 Å². The lowest BCUT2D eigenvalue weighted by atomic mass is 10.0. The van der Waals surface area contributed by atoms with E-state index in [2.05, 4.69) is 5.32 Å². The Bertz CT molecular complexity index is 406. The molecule has 98 valence electrons. The highest BCUT2D eigenvalue weighted by Gasteiger charge is 2.41. The molecular formula is C13H18ClN3O. The van der Waals surface area contributed by atoms with Crippen LogP contribution in [0.5, 0.6) is 0 Å². The van der Waals surface area contributed by atoms with Gasteiger partial charge in [0.2, 0.25) is 0 Å². The minimum atomic E-state index is -1.12. The minimum Gasteiger partial charge on any atom is -0.367 e. The van der Waals surface area contributed by atoms with Gasteiger partial charge < -0.3 is 11.1 Å². The summed E-state index contributed by atoms with van der Waals surface area (Å²) in [5.74, 6) is -0.477. The molecule has 1 saturated heterocycles. The number of alkyl halides is 1. The van der Waals surface area contributed by atoms with Gasteiger partial charge in [-0.05, 0) is 5.56 Å². The van der Waals surface area contributed by atoms with Crippen molar-refractivity contribution in [3.8, 4) is 0 Å². The molecule has 0 bridgehead atoms. The molecule has 1 fully saturated rings. The van der Waals surface area contributed by atoms with Crippen LogP contribution in [-0.4, -0.2) is 42.0 Å². The van der Waals surface area contributed by atoms with Crippen LogP contribution in [0.25, 0.3) is 0 Å². The van der Waals surface area contributed by atoms with Gasteiger partial charge in [0.25, 0.3) is 5.91 Å². The van der Waals surface area contributed by atoms with Crippen molar-refractivity contribution < 1.29 is 4.79 Å². The van der Waals surface area contributed by atoms with Crippen LogP contribution >= 0.6 is 11.6 Å². The van der Waals surface area contributed by atoms with Crippen LogP contribution < -0.4 is 11.1 Å². The smallest absolute Gasteiger partial charge is 0.253 e. The molecule has 1 atom stereocenters. The SMILES string of the molecule is NC(=O)C(Cl)(Cc1ccccc1)N1CCNCC1. The van der Waals surface area contributed by atoms with E-state index in [-0.39, 0.29) is 0 Å². The maximum absolute atomic E-state index is 11.8. The van der Waals surface area contributed by atoms with Gasteiger partial charge in [0, 0.05) is 32.6 Å². The third-order valence-corrected chi connectivity index (χ3v) is 3.84. The highest BCUT2D eigenvalue weighted by molar-refractivity contribution is 6.34. The second-order valence-electron chi connectivity index (χ2n) is 4.52. The Labute approximate surface area is 112 Å². The molecule has 18 heavy (non-hydrogen) atoms. The van der Waals surface area contributed by atoms with Gasteiger partial charge in [-0.25, -0.2) is 0 Å². The molecular weight excluding hydrogens is 250 g/mol. The van der Waals surface area contributed by atoms with Crippen molar-refractivity contribution in [2.24, 2.45) is 5.73 Å². The number of hydrogen-bond donors (Lipinski definition) is 2. The number of nitrogens with one attached hydrogen (secondary N) is 1. The van der Waals surface area contributed by atoms with Gasteiger partial charge in [0.1, 0.15) is 0 Å². The molecule has 0 spiro atoms. The molecule has 4 nitrogen and oxygen atoms in total. The maximum atomic E-state index is 11.8. The largest absolute Gasteiger partial charge is 0.367 e. The van der Waals surface area contributed by atoms with E-state index in [9.17, 15) is 4.79 Å². The number of carbonyl (C=O) groups is 1. The molecule has 1 amide bonds. The summed E-state index contributed by atoms with van der Waals surface area (Å²) in [5.41, 5.74) is 6.54. The third kappa shape index (κ3) is 2.83. The number of nitrogens with zero attached hydrogens (tertiary/aromatic N) is 1. The van der Waals surface area contributed by atoms with E-state index in [0.29, 0.717) is 6.42 Å². The Kier molecular flexibility index (Phi) is 4.22. The van der Waals surface area contributed by atoms with Crippen LogP contribution in [0.1, 0.15) is 5.56 Å². The van der Waals surface area contributed by atoms with Crippen LogP contribution in [0, 0.1) is 0 Å². The highest BCUT2D eigenvalue weighted by atomic mass is 35.5. The number of nitrogens with two attached hydrogens (primary N) is 1. The Morgan fingerprint density at radius 2 is 1.94 bits per heavy atom. The zero-order valence-electron chi connectivity index (χ0n) is 10.2. The van der Waals surface area contributed by atoms with Gasteiger partial charge in [-0.2, -0.15) is 0 Å². The number of hydrogen-bond acceptors (Lipinski definition) is 3. The number of carbonyl (C=O) groups excluding carboxylic acids is 1. The van der Waals surface area contributed by atoms with Crippen LogP contribution in [0.2, 0.25) is 0 Å². The fourth-order valence-electron chi connectivity index (χ4n) is 2.24. The molecule has 1 aliphatic heterocycles. The van der Waals surface area contributed by atoms with Gasteiger partial charge in [-0.1, -0.05) is 41.9 Å². The Balaban J connectivity index is 2.18. The predicted octanol–water partition coefficient (Wildman–Crippen LogP) is 0.555. The summed E-state index contributed by atoms with van der Waals surface area (Å²) in [5, 5.41) is 3.24. The van der Waals surface area contributed by atoms with Crippen LogP contribution in [0.3, 0.4) is 0 Å². The number of piperazine rings is 1. The van der Waals surface area contributed by atoms with E-state index in [4.69, 9.17) is 17.3 Å². The quantitative estimate of drug-likeness (QED) is 0.619. The zero-order chi connectivity index (χ0) is 13.0. The second kappa shape index (κ2) is 5.69. The molecule has 1 aliphatic rings. The molecule has 2 rings (SSSR count). The van der Waals surface area contributed by atoms with E-state index in [1.807, 2.05) is 35.2 Å². The molecule has 0 aliphatic carbocycles. The molecule has 1 aromatic carbocycles. The third-order valence-electron chi connectivity index (χ3n) is 3.28. The molecule has 1 heterocycles. The number of primary amides is 1. The van der Waals surface area contributed by atoms with Crippen molar-refractivity contribution in [2.45, 2.75) is 11.4 Å². The van der Waals surface area contributed by atoms with E-state index in [1.54, 1.807) is 0 Å². The molecule has 0 radical (unpaired) electrons. The van der Waals surface area contributed by atoms with Gasteiger partial charge >= 0.3 is 0 Å². The summed E-state index contributed by atoms with van der Waals surface area (Å²) in [6.07, 6.45) is 0.435. The monoisotopic (exact) mass is 267 g/mol. The van der Waals surface area contributed by atoms with Crippen molar-refractivity contribution in [3.63, 3.8) is 0 Å². The van der Waals surface area contributed by atoms with Gasteiger partial charge in [-0.3, -0.25) is 9.69 Å². The molecule has 0 aromatic heterocycles. The van der Waals surface area contributed by atoms with E-state index < -0.39 is 10.9 Å². The van der Waals surface area contributed by atoms with E-state index in [1.165, 1.54) is 0 Å². The first-order valence-corrected chi connectivity index (χ1v) is 6.49. The van der Waals surface area contributed by atoms with Gasteiger partial charge in [0.15, 0.2) is 5.00 Å². The summed E-state index contributed by atoms with van der Waals surface area (Å²) in [6, 6.07) is 9.73.